The van der Waals surface area contributed by atoms with E-state index in [1.807, 2.05) is 56.9 Å². The first-order chi connectivity index (χ1) is 11.9. The molecule has 5 nitrogen and oxygen atoms in total. The molecule has 1 heterocycles. The van der Waals surface area contributed by atoms with Crippen LogP contribution in [0.1, 0.15) is 35.4 Å². The van der Waals surface area contributed by atoms with Gasteiger partial charge in [-0.05, 0) is 51.3 Å². The van der Waals surface area contributed by atoms with E-state index in [0.29, 0.717) is 19.6 Å². The van der Waals surface area contributed by atoms with Crippen molar-refractivity contribution in [3.05, 3.63) is 46.8 Å². The number of rotatable bonds is 8. The van der Waals surface area contributed by atoms with Gasteiger partial charge in [-0.2, -0.15) is 5.10 Å². The molecule has 0 aliphatic rings. The highest BCUT2D eigenvalue weighted by atomic mass is 16.5. The number of hydrogen-bond donors (Lipinski definition) is 0. The van der Waals surface area contributed by atoms with Crippen LogP contribution < -0.4 is 4.74 Å². The van der Waals surface area contributed by atoms with Crippen LogP contribution in [0.2, 0.25) is 0 Å². The normalized spacial score (nSPS) is 10.8. The molecule has 1 aromatic heterocycles. The number of amides is 1. The Morgan fingerprint density at radius 3 is 2.48 bits per heavy atom. The quantitative estimate of drug-likeness (QED) is 0.692. The van der Waals surface area contributed by atoms with Crippen LogP contribution in [0.3, 0.4) is 0 Å². The molecule has 5 heteroatoms. The second-order valence-electron chi connectivity index (χ2n) is 6.60. The van der Waals surface area contributed by atoms with E-state index in [2.05, 4.69) is 12.0 Å². The molecule has 0 unspecified atom stereocenters. The highest BCUT2D eigenvalue weighted by Crippen LogP contribution is 2.15. The van der Waals surface area contributed by atoms with E-state index < -0.39 is 0 Å². The Balaban J connectivity index is 1.70. The van der Waals surface area contributed by atoms with Crippen LogP contribution in [0.4, 0.5) is 0 Å². The predicted molar refractivity (Wildman–Crippen MR) is 99.9 cm³/mol. The molecule has 0 atom stereocenters. The van der Waals surface area contributed by atoms with Gasteiger partial charge in [0.15, 0.2) is 0 Å². The molecule has 0 N–H and O–H groups in total. The zero-order chi connectivity index (χ0) is 18.4. The Morgan fingerprint density at radius 1 is 1.20 bits per heavy atom. The average molecular weight is 343 g/mol. The fourth-order valence-electron chi connectivity index (χ4n) is 2.85. The van der Waals surface area contributed by atoms with E-state index in [-0.39, 0.29) is 5.91 Å². The summed E-state index contributed by atoms with van der Waals surface area (Å²) in [5.41, 5.74) is 4.56. The number of carbonyl (C=O) groups excluding carboxylic acids is 1. The van der Waals surface area contributed by atoms with Crippen LogP contribution in [0.5, 0.6) is 5.75 Å². The second-order valence-corrected chi connectivity index (χ2v) is 6.60. The van der Waals surface area contributed by atoms with Gasteiger partial charge in [0.25, 0.3) is 0 Å². The maximum atomic E-state index is 12.3. The lowest BCUT2D eigenvalue weighted by molar-refractivity contribution is -0.129. The van der Waals surface area contributed by atoms with Crippen LogP contribution in [0.25, 0.3) is 0 Å². The van der Waals surface area contributed by atoms with Gasteiger partial charge in [0.2, 0.25) is 5.91 Å². The van der Waals surface area contributed by atoms with Crippen molar-refractivity contribution in [1.29, 1.82) is 0 Å². The topological polar surface area (TPSA) is 47.4 Å². The van der Waals surface area contributed by atoms with E-state index in [1.54, 1.807) is 4.90 Å². The molecule has 1 aromatic carbocycles. The van der Waals surface area contributed by atoms with Crippen molar-refractivity contribution in [2.24, 2.45) is 7.05 Å². The minimum absolute atomic E-state index is 0.165. The summed E-state index contributed by atoms with van der Waals surface area (Å²) in [7, 11) is 3.80. The van der Waals surface area contributed by atoms with Gasteiger partial charge in [0.05, 0.1) is 12.3 Å². The predicted octanol–water partition coefficient (Wildman–Crippen LogP) is 3.21. The van der Waals surface area contributed by atoms with Crippen molar-refractivity contribution >= 4 is 5.91 Å². The Hall–Kier alpha value is -2.30. The molecule has 2 aromatic rings. The Kier molecular flexibility index (Phi) is 6.62. The highest BCUT2D eigenvalue weighted by molar-refractivity contribution is 5.76. The third-order valence-electron chi connectivity index (χ3n) is 4.60. The number of benzene rings is 1. The van der Waals surface area contributed by atoms with Crippen LogP contribution in [0.15, 0.2) is 24.3 Å². The maximum Gasteiger partial charge on any atom is 0.222 e. The van der Waals surface area contributed by atoms with Gasteiger partial charge in [0, 0.05) is 32.8 Å². The minimum atomic E-state index is 0.165. The number of aromatic nitrogens is 2. The molecule has 0 bridgehead atoms. The standard InChI is InChI=1S/C20H29N3O2/c1-15-7-9-18(10-8-15)25-14-6-13-22(4)20(24)12-11-19-16(2)21-23(5)17(19)3/h7-10H,6,11-14H2,1-5H3. The fourth-order valence-corrected chi connectivity index (χ4v) is 2.85. The average Bonchev–Trinajstić information content (AvgIpc) is 2.83. The molecule has 0 saturated carbocycles. The van der Waals surface area contributed by atoms with Crippen LogP contribution in [-0.4, -0.2) is 40.8 Å². The van der Waals surface area contributed by atoms with Gasteiger partial charge in [-0.1, -0.05) is 17.7 Å². The van der Waals surface area contributed by atoms with Crippen molar-refractivity contribution < 1.29 is 9.53 Å². The number of hydrogen-bond acceptors (Lipinski definition) is 3. The summed E-state index contributed by atoms with van der Waals surface area (Å²) in [6.07, 6.45) is 2.08. The van der Waals surface area contributed by atoms with Crippen LogP contribution in [-0.2, 0) is 18.3 Å². The van der Waals surface area contributed by atoms with E-state index in [4.69, 9.17) is 4.74 Å². The highest BCUT2D eigenvalue weighted by Gasteiger charge is 2.13. The lowest BCUT2D eigenvalue weighted by atomic mass is 10.1. The van der Waals surface area contributed by atoms with Gasteiger partial charge in [0.1, 0.15) is 5.75 Å². The number of aryl methyl sites for hydroxylation is 3. The van der Waals surface area contributed by atoms with E-state index in [9.17, 15) is 4.79 Å². The molecule has 136 valence electrons. The summed E-state index contributed by atoms with van der Waals surface area (Å²) < 4.78 is 7.58. The molecule has 1 amide bonds. The zero-order valence-electron chi connectivity index (χ0n) is 16.0. The first kappa shape index (κ1) is 19.0. The van der Waals surface area contributed by atoms with Gasteiger partial charge in [-0.15, -0.1) is 0 Å². The second kappa shape index (κ2) is 8.70. The molecule has 0 radical (unpaired) electrons. The molecule has 25 heavy (non-hydrogen) atoms. The lowest BCUT2D eigenvalue weighted by Crippen LogP contribution is -2.28. The van der Waals surface area contributed by atoms with Crippen molar-refractivity contribution in [2.45, 2.75) is 40.0 Å². The third kappa shape index (κ3) is 5.34. The maximum absolute atomic E-state index is 12.3. The first-order valence-electron chi connectivity index (χ1n) is 8.81. The van der Waals surface area contributed by atoms with Crippen LogP contribution in [0, 0.1) is 20.8 Å². The van der Waals surface area contributed by atoms with Crippen molar-refractivity contribution in [2.75, 3.05) is 20.2 Å². The van der Waals surface area contributed by atoms with Gasteiger partial charge in [-0.3, -0.25) is 9.48 Å². The van der Waals surface area contributed by atoms with E-state index in [1.165, 1.54) is 11.1 Å². The SMILES string of the molecule is Cc1ccc(OCCCN(C)C(=O)CCc2c(C)nn(C)c2C)cc1. The van der Waals surface area contributed by atoms with Gasteiger partial charge < -0.3 is 9.64 Å². The van der Waals surface area contributed by atoms with Crippen LogP contribution >= 0.6 is 0 Å². The molecular formula is C20H29N3O2. The smallest absolute Gasteiger partial charge is 0.222 e. The summed E-state index contributed by atoms with van der Waals surface area (Å²) in [6.45, 7) is 7.42. The summed E-state index contributed by atoms with van der Waals surface area (Å²) in [6, 6.07) is 8.02. The molecule has 0 aliphatic heterocycles. The van der Waals surface area contributed by atoms with Crippen molar-refractivity contribution in [1.82, 2.24) is 14.7 Å². The van der Waals surface area contributed by atoms with E-state index >= 15 is 0 Å². The summed E-state index contributed by atoms with van der Waals surface area (Å²) >= 11 is 0. The Morgan fingerprint density at radius 2 is 1.88 bits per heavy atom. The molecule has 0 saturated heterocycles. The number of carbonyl (C=O) groups is 1. The molecule has 0 fully saturated rings. The number of nitrogens with zero attached hydrogens (tertiary/aromatic N) is 3. The molecule has 0 aliphatic carbocycles. The van der Waals surface area contributed by atoms with Crippen molar-refractivity contribution in [3.8, 4) is 5.75 Å². The first-order valence-corrected chi connectivity index (χ1v) is 8.81. The Bertz CT molecular complexity index is 704. The van der Waals surface area contributed by atoms with Crippen molar-refractivity contribution in [3.63, 3.8) is 0 Å². The van der Waals surface area contributed by atoms with Gasteiger partial charge in [-0.25, -0.2) is 0 Å². The molecular weight excluding hydrogens is 314 g/mol. The third-order valence-corrected chi connectivity index (χ3v) is 4.60. The summed E-state index contributed by atoms with van der Waals surface area (Å²) in [5.74, 6) is 1.04. The van der Waals surface area contributed by atoms with Gasteiger partial charge >= 0.3 is 0 Å². The number of ether oxygens (including phenoxy) is 1. The summed E-state index contributed by atoms with van der Waals surface area (Å²) in [4.78, 5) is 14.1. The lowest BCUT2D eigenvalue weighted by Gasteiger charge is -2.17. The summed E-state index contributed by atoms with van der Waals surface area (Å²) in [5, 5.41) is 4.40. The minimum Gasteiger partial charge on any atom is -0.494 e. The van der Waals surface area contributed by atoms with E-state index in [0.717, 1.165) is 30.0 Å². The molecule has 0 spiro atoms. The monoisotopic (exact) mass is 343 g/mol. The zero-order valence-corrected chi connectivity index (χ0v) is 16.0. The molecule has 2 rings (SSSR count). The Labute approximate surface area is 150 Å². The largest absolute Gasteiger partial charge is 0.494 e. The fraction of sp³-hybridized carbons (Fsp3) is 0.500.